The molecule has 2 aromatic rings. The molecule has 23 heavy (non-hydrogen) atoms. The lowest BCUT2D eigenvalue weighted by molar-refractivity contribution is -0.245. The first-order valence-corrected chi connectivity index (χ1v) is 8.50. The number of hydrogen-bond acceptors (Lipinski definition) is 3. The molecule has 1 fully saturated rings. The zero-order valence-electron chi connectivity index (χ0n) is 13.7. The van der Waals surface area contributed by atoms with Crippen LogP contribution in [-0.4, -0.2) is 18.0 Å². The van der Waals surface area contributed by atoms with Crippen molar-refractivity contribution in [3.63, 3.8) is 0 Å². The second kappa shape index (κ2) is 8.25. The van der Waals surface area contributed by atoms with Crippen LogP contribution in [0.4, 0.5) is 0 Å². The summed E-state index contributed by atoms with van der Waals surface area (Å²) < 4.78 is 5.90. The predicted molar refractivity (Wildman–Crippen MR) is 91.5 cm³/mol. The molecular formula is C20H25NO2. The van der Waals surface area contributed by atoms with Crippen molar-refractivity contribution in [1.29, 1.82) is 0 Å². The standard InChI is InChI=1S/C20H25NO2/c1-2-3-14-22-20-15-19(18-12-8-5-9-13-18)21(23-20)16-17-10-6-4-7-11-17/h4-13,19-20H,2-3,14-16H2,1H3/t19-,20+/m1/s1. The number of rotatable bonds is 7. The van der Waals surface area contributed by atoms with Gasteiger partial charge in [-0.15, -0.1) is 0 Å². The Morgan fingerprint density at radius 2 is 1.74 bits per heavy atom. The Bertz CT molecular complexity index is 573. The van der Waals surface area contributed by atoms with E-state index >= 15 is 0 Å². The normalized spacial score (nSPS) is 21.6. The maximum absolute atomic E-state index is 6.09. The van der Waals surface area contributed by atoms with Crippen molar-refractivity contribution >= 4 is 0 Å². The Hall–Kier alpha value is -1.68. The summed E-state index contributed by atoms with van der Waals surface area (Å²) in [6.07, 6.45) is 2.95. The van der Waals surface area contributed by atoms with Crippen LogP contribution in [0, 0.1) is 0 Å². The molecule has 0 N–H and O–H groups in total. The average molecular weight is 311 g/mol. The molecule has 0 aromatic heterocycles. The van der Waals surface area contributed by atoms with Gasteiger partial charge in [0.15, 0.2) is 6.29 Å². The Kier molecular flexibility index (Phi) is 5.81. The van der Waals surface area contributed by atoms with E-state index in [1.165, 1.54) is 11.1 Å². The minimum absolute atomic E-state index is 0.143. The maximum Gasteiger partial charge on any atom is 0.179 e. The minimum atomic E-state index is -0.143. The zero-order valence-corrected chi connectivity index (χ0v) is 13.7. The molecule has 2 aromatic carbocycles. The van der Waals surface area contributed by atoms with Crippen molar-refractivity contribution in [2.24, 2.45) is 0 Å². The van der Waals surface area contributed by atoms with E-state index in [1.807, 2.05) is 6.07 Å². The molecule has 0 spiro atoms. The molecule has 0 amide bonds. The molecule has 3 rings (SSSR count). The van der Waals surface area contributed by atoms with Gasteiger partial charge in [0.2, 0.25) is 0 Å². The van der Waals surface area contributed by atoms with Crippen LogP contribution in [0.25, 0.3) is 0 Å². The number of benzene rings is 2. The van der Waals surface area contributed by atoms with Gasteiger partial charge in [-0.1, -0.05) is 74.0 Å². The van der Waals surface area contributed by atoms with Crippen LogP contribution >= 0.6 is 0 Å². The third-order valence-corrected chi connectivity index (χ3v) is 4.18. The van der Waals surface area contributed by atoms with Gasteiger partial charge >= 0.3 is 0 Å². The van der Waals surface area contributed by atoms with E-state index in [-0.39, 0.29) is 12.3 Å². The van der Waals surface area contributed by atoms with Crippen LogP contribution in [0.15, 0.2) is 60.7 Å². The summed E-state index contributed by atoms with van der Waals surface area (Å²) in [5, 5.41) is 2.07. The number of nitrogens with zero attached hydrogens (tertiary/aromatic N) is 1. The van der Waals surface area contributed by atoms with Crippen molar-refractivity contribution in [3.05, 3.63) is 71.8 Å². The first kappa shape index (κ1) is 16.2. The molecule has 122 valence electrons. The lowest BCUT2D eigenvalue weighted by atomic mass is 10.0. The summed E-state index contributed by atoms with van der Waals surface area (Å²) >= 11 is 0. The van der Waals surface area contributed by atoms with Gasteiger partial charge in [0, 0.05) is 19.6 Å². The van der Waals surface area contributed by atoms with Crippen LogP contribution in [0.3, 0.4) is 0 Å². The Morgan fingerprint density at radius 3 is 2.43 bits per heavy atom. The van der Waals surface area contributed by atoms with Gasteiger partial charge in [-0.2, -0.15) is 5.06 Å². The number of hydrogen-bond donors (Lipinski definition) is 0. The SMILES string of the molecule is CCCCO[C@@H]1C[C@H](c2ccccc2)N(Cc2ccccc2)O1. The fourth-order valence-corrected chi connectivity index (χ4v) is 2.91. The van der Waals surface area contributed by atoms with Crippen molar-refractivity contribution in [1.82, 2.24) is 5.06 Å². The van der Waals surface area contributed by atoms with Crippen molar-refractivity contribution in [2.75, 3.05) is 6.61 Å². The van der Waals surface area contributed by atoms with Crippen molar-refractivity contribution in [2.45, 2.75) is 45.1 Å². The van der Waals surface area contributed by atoms with Crippen molar-refractivity contribution in [3.8, 4) is 0 Å². The van der Waals surface area contributed by atoms with Crippen LogP contribution in [0.5, 0.6) is 0 Å². The first-order valence-electron chi connectivity index (χ1n) is 8.50. The van der Waals surface area contributed by atoms with Gasteiger partial charge in [0.05, 0.1) is 6.04 Å². The molecule has 1 saturated heterocycles. The minimum Gasteiger partial charge on any atom is -0.351 e. The molecule has 1 heterocycles. The molecule has 0 radical (unpaired) electrons. The fourth-order valence-electron chi connectivity index (χ4n) is 2.91. The van der Waals surface area contributed by atoms with Crippen LogP contribution in [0.2, 0.25) is 0 Å². The highest BCUT2D eigenvalue weighted by atomic mass is 16.8. The van der Waals surface area contributed by atoms with E-state index in [4.69, 9.17) is 9.57 Å². The van der Waals surface area contributed by atoms with Crippen LogP contribution in [0.1, 0.15) is 43.4 Å². The summed E-state index contributed by atoms with van der Waals surface area (Å²) in [6.45, 7) is 3.71. The summed E-state index contributed by atoms with van der Waals surface area (Å²) in [5.41, 5.74) is 2.53. The topological polar surface area (TPSA) is 21.7 Å². The van der Waals surface area contributed by atoms with E-state index in [0.717, 1.165) is 32.4 Å². The third kappa shape index (κ3) is 4.41. The molecular weight excluding hydrogens is 286 g/mol. The largest absolute Gasteiger partial charge is 0.351 e. The highest BCUT2D eigenvalue weighted by Gasteiger charge is 2.35. The number of unbranched alkanes of at least 4 members (excludes halogenated alkanes) is 1. The highest BCUT2D eigenvalue weighted by Crippen LogP contribution is 2.35. The summed E-state index contributed by atoms with van der Waals surface area (Å²) in [7, 11) is 0. The highest BCUT2D eigenvalue weighted by molar-refractivity contribution is 5.20. The van der Waals surface area contributed by atoms with E-state index < -0.39 is 0 Å². The van der Waals surface area contributed by atoms with Crippen LogP contribution < -0.4 is 0 Å². The van der Waals surface area contributed by atoms with E-state index in [2.05, 4.69) is 66.6 Å². The summed E-state index contributed by atoms with van der Waals surface area (Å²) in [5.74, 6) is 0. The average Bonchev–Trinajstić information content (AvgIpc) is 2.99. The zero-order chi connectivity index (χ0) is 15.9. The van der Waals surface area contributed by atoms with E-state index in [9.17, 15) is 0 Å². The van der Waals surface area contributed by atoms with Gasteiger partial charge < -0.3 is 4.74 Å². The first-order chi connectivity index (χ1) is 11.4. The summed E-state index contributed by atoms with van der Waals surface area (Å²) in [4.78, 5) is 6.09. The Morgan fingerprint density at radius 1 is 1.04 bits per heavy atom. The van der Waals surface area contributed by atoms with Crippen LogP contribution in [-0.2, 0) is 16.1 Å². The molecule has 2 atom stereocenters. The number of hydroxylamine groups is 2. The van der Waals surface area contributed by atoms with Gasteiger partial charge in [-0.3, -0.25) is 4.84 Å². The number of ether oxygens (including phenoxy) is 1. The monoisotopic (exact) mass is 311 g/mol. The Balaban J connectivity index is 1.70. The second-order valence-corrected chi connectivity index (χ2v) is 5.98. The second-order valence-electron chi connectivity index (χ2n) is 5.98. The molecule has 0 saturated carbocycles. The fraction of sp³-hybridized carbons (Fsp3) is 0.400. The lowest BCUT2D eigenvalue weighted by Crippen LogP contribution is -2.23. The Labute approximate surface area is 138 Å². The molecule has 0 aliphatic carbocycles. The van der Waals surface area contributed by atoms with E-state index in [1.54, 1.807) is 0 Å². The molecule has 3 nitrogen and oxygen atoms in total. The molecule has 3 heteroatoms. The van der Waals surface area contributed by atoms with E-state index in [0.29, 0.717) is 0 Å². The molecule has 0 unspecified atom stereocenters. The third-order valence-electron chi connectivity index (χ3n) is 4.18. The smallest absolute Gasteiger partial charge is 0.179 e. The predicted octanol–water partition coefficient (Wildman–Crippen LogP) is 4.71. The van der Waals surface area contributed by atoms with Gasteiger partial charge in [-0.05, 0) is 17.5 Å². The van der Waals surface area contributed by atoms with Gasteiger partial charge in [-0.25, -0.2) is 0 Å². The molecule has 0 bridgehead atoms. The summed E-state index contributed by atoms with van der Waals surface area (Å²) in [6, 6.07) is 21.2. The maximum atomic E-state index is 6.09. The van der Waals surface area contributed by atoms with Gasteiger partial charge in [0.25, 0.3) is 0 Å². The molecule has 1 aliphatic rings. The van der Waals surface area contributed by atoms with Crippen molar-refractivity contribution < 1.29 is 9.57 Å². The lowest BCUT2D eigenvalue weighted by Gasteiger charge is -2.22. The quantitative estimate of drug-likeness (QED) is 0.691. The van der Waals surface area contributed by atoms with Gasteiger partial charge in [0.1, 0.15) is 0 Å². The molecule has 1 aliphatic heterocycles.